The van der Waals surface area contributed by atoms with Crippen molar-refractivity contribution in [2.45, 2.75) is 26.2 Å². The molecule has 1 aromatic carbocycles. The maximum absolute atomic E-state index is 12.9. The molecule has 132 valence electrons. The Morgan fingerprint density at radius 2 is 1.88 bits per heavy atom. The molecular weight excluding hydrogens is 310 g/mol. The number of amides is 1. The minimum atomic E-state index is 0.122. The number of carbonyl (C=O) groups excluding carboxylic acids is 1. The van der Waals surface area contributed by atoms with E-state index in [0.29, 0.717) is 0 Å². The average Bonchev–Trinajstić information content (AvgIpc) is 2.67. The first-order chi connectivity index (χ1) is 12.2. The highest BCUT2D eigenvalue weighted by Crippen LogP contribution is 2.23. The molecule has 2 aromatic rings. The number of pyridine rings is 1. The summed E-state index contributed by atoms with van der Waals surface area (Å²) >= 11 is 0. The van der Waals surface area contributed by atoms with Crippen molar-refractivity contribution in [2.24, 2.45) is 5.92 Å². The van der Waals surface area contributed by atoms with E-state index in [9.17, 15) is 4.79 Å². The van der Waals surface area contributed by atoms with Crippen LogP contribution in [-0.4, -0.2) is 42.5 Å². The van der Waals surface area contributed by atoms with Gasteiger partial charge in [-0.05, 0) is 57.8 Å². The molecule has 4 nitrogen and oxygen atoms in total. The number of hydrogen-bond donors (Lipinski definition) is 1. The van der Waals surface area contributed by atoms with Crippen LogP contribution in [0.2, 0.25) is 0 Å². The van der Waals surface area contributed by atoms with Gasteiger partial charge in [0.2, 0.25) is 0 Å². The van der Waals surface area contributed by atoms with E-state index in [2.05, 4.69) is 10.3 Å². The Bertz CT molecular complexity index is 706. The first kappa shape index (κ1) is 17.6. The number of carbonyl (C=O) groups is 1. The number of aromatic nitrogens is 1. The maximum atomic E-state index is 12.9. The largest absolute Gasteiger partial charge is 0.339 e. The van der Waals surface area contributed by atoms with Gasteiger partial charge in [0.1, 0.15) is 0 Å². The topological polar surface area (TPSA) is 45.2 Å². The lowest BCUT2D eigenvalue weighted by Gasteiger charge is -2.32. The predicted octanol–water partition coefficient (Wildman–Crippen LogP) is 3.52. The molecule has 4 heteroatoms. The molecule has 0 radical (unpaired) electrons. The molecule has 1 aromatic heterocycles. The van der Waals surface area contributed by atoms with Gasteiger partial charge in [0.25, 0.3) is 5.91 Å². The fourth-order valence-corrected chi connectivity index (χ4v) is 3.50. The second-order valence-corrected chi connectivity index (χ2v) is 6.82. The number of piperidine rings is 1. The van der Waals surface area contributed by atoms with E-state index in [1.54, 1.807) is 0 Å². The van der Waals surface area contributed by atoms with E-state index in [1.165, 1.54) is 6.42 Å². The van der Waals surface area contributed by atoms with Crippen LogP contribution in [0.5, 0.6) is 0 Å². The van der Waals surface area contributed by atoms with Gasteiger partial charge in [-0.25, -0.2) is 0 Å². The van der Waals surface area contributed by atoms with Crippen LogP contribution in [0.3, 0.4) is 0 Å². The Kier molecular flexibility index (Phi) is 5.82. The third kappa shape index (κ3) is 4.26. The summed E-state index contributed by atoms with van der Waals surface area (Å²) in [4.78, 5) is 19.5. The summed E-state index contributed by atoms with van der Waals surface area (Å²) in [6.45, 7) is 4.70. The monoisotopic (exact) mass is 337 g/mol. The molecule has 1 fully saturated rings. The van der Waals surface area contributed by atoms with Gasteiger partial charge in [-0.2, -0.15) is 0 Å². The fraction of sp³-hybridized carbons (Fsp3) is 0.429. The van der Waals surface area contributed by atoms with E-state index < -0.39 is 0 Å². The van der Waals surface area contributed by atoms with E-state index >= 15 is 0 Å². The highest BCUT2D eigenvalue weighted by Gasteiger charge is 2.24. The van der Waals surface area contributed by atoms with E-state index in [0.717, 1.165) is 60.9 Å². The summed E-state index contributed by atoms with van der Waals surface area (Å²) in [6.07, 6.45) is 3.40. The van der Waals surface area contributed by atoms with Crippen molar-refractivity contribution in [3.05, 3.63) is 53.7 Å². The second-order valence-electron chi connectivity index (χ2n) is 6.82. The minimum Gasteiger partial charge on any atom is -0.339 e. The van der Waals surface area contributed by atoms with Gasteiger partial charge >= 0.3 is 0 Å². The van der Waals surface area contributed by atoms with Crippen molar-refractivity contribution < 1.29 is 4.79 Å². The van der Waals surface area contributed by atoms with Gasteiger partial charge in [0, 0.05) is 18.7 Å². The third-order valence-corrected chi connectivity index (χ3v) is 5.09. The van der Waals surface area contributed by atoms with Crippen molar-refractivity contribution >= 4 is 5.91 Å². The van der Waals surface area contributed by atoms with Gasteiger partial charge in [0.15, 0.2) is 0 Å². The first-order valence-corrected chi connectivity index (χ1v) is 9.16. The summed E-state index contributed by atoms with van der Waals surface area (Å²) < 4.78 is 0. The highest BCUT2D eigenvalue weighted by molar-refractivity contribution is 5.95. The van der Waals surface area contributed by atoms with Crippen molar-refractivity contribution in [2.75, 3.05) is 26.7 Å². The normalized spacial score (nSPS) is 15.4. The van der Waals surface area contributed by atoms with E-state index in [-0.39, 0.29) is 5.91 Å². The molecule has 1 saturated heterocycles. The minimum absolute atomic E-state index is 0.122. The molecule has 1 aliphatic rings. The molecule has 1 amide bonds. The van der Waals surface area contributed by atoms with Gasteiger partial charge in [0.05, 0.1) is 17.0 Å². The Morgan fingerprint density at radius 1 is 1.16 bits per heavy atom. The Labute approximate surface area is 150 Å². The van der Waals surface area contributed by atoms with Crippen LogP contribution in [-0.2, 0) is 0 Å². The zero-order valence-corrected chi connectivity index (χ0v) is 15.2. The molecule has 25 heavy (non-hydrogen) atoms. The van der Waals surface area contributed by atoms with Crippen LogP contribution >= 0.6 is 0 Å². The van der Waals surface area contributed by atoms with Crippen LogP contribution < -0.4 is 5.32 Å². The standard InChI is InChI=1S/C21H27N3O/c1-16-19(8-9-20(23-16)18-6-4-3-5-7-18)21(25)24-14-11-17(12-15-24)10-13-22-2/h3-9,17,22H,10-15H2,1-2H3. The lowest BCUT2D eigenvalue weighted by molar-refractivity contribution is 0.0686. The first-order valence-electron chi connectivity index (χ1n) is 9.16. The predicted molar refractivity (Wildman–Crippen MR) is 102 cm³/mol. The van der Waals surface area contributed by atoms with Crippen molar-refractivity contribution in [1.82, 2.24) is 15.2 Å². The van der Waals surface area contributed by atoms with Gasteiger partial charge < -0.3 is 10.2 Å². The number of hydrogen-bond acceptors (Lipinski definition) is 3. The van der Waals surface area contributed by atoms with Gasteiger partial charge in [-0.3, -0.25) is 9.78 Å². The van der Waals surface area contributed by atoms with Crippen LogP contribution in [0.4, 0.5) is 0 Å². The lowest BCUT2D eigenvalue weighted by atomic mass is 9.93. The number of benzene rings is 1. The molecule has 3 rings (SSSR count). The summed E-state index contributed by atoms with van der Waals surface area (Å²) in [6, 6.07) is 14.0. The van der Waals surface area contributed by atoms with Crippen molar-refractivity contribution in [1.29, 1.82) is 0 Å². The molecule has 0 bridgehead atoms. The van der Waals surface area contributed by atoms with Crippen LogP contribution in [0.25, 0.3) is 11.3 Å². The summed E-state index contributed by atoms with van der Waals surface area (Å²) in [5.41, 5.74) is 3.53. The lowest BCUT2D eigenvalue weighted by Crippen LogP contribution is -2.39. The van der Waals surface area contributed by atoms with Crippen molar-refractivity contribution in [3.63, 3.8) is 0 Å². The SMILES string of the molecule is CNCCC1CCN(C(=O)c2ccc(-c3ccccc3)nc2C)CC1. The van der Waals surface area contributed by atoms with Crippen molar-refractivity contribution in [3.8, 4) is 11.3 Å². The number of nitrogens with one attached hydrogen (secondary N) is 1. The van der Waals surface area contributed by atoms with Crippen LogP contribution in [0.15, 0.2) is 42.5 Å². The molecule has 1 aliphatic heterocycles. The number of rotatable bonds is 5. The smallest absolute Gasteiger partial charge is 0.255 e. The summed E-state index contributed by atoms with van der Waals surface area (Å²) in [5.74, 6) is 0.854. The average molecular weight is 337 g/mol. The second kappa shape index (κ2) is 8.26. The summed E-state index contributed by atoms with van der Waals surface area (Å²) in [7, 11) is 1.99. The number of nitrogens with zero attached hydrogens (tertiary/aromatic N) is 2. The molecule has 1 N–H and O–H groups in total. The highest BCUT2D eigenvalue weighted by atomic mass is 16.2. The van der Waals surface area contributed by atoms with Gasteiger partial charge in [-0.15, -0.1) is 0 Å². The van der Waals surface area contributed by atoms with Crippen LogP contribution in [0, 0.1) is 12.8 Å². The third-order valence-electron chi connectivity index (χ3n) is 5.09. The van der Waals surface area contributed by atoms with Crippen LogP contribution in [0.1, 0.15) is 35.3 Å². The number of aryl methyl sites for hydroxylation is 1. The Hall–Kier alpha value is -2.20. The molecule has 0 spiro atoms. The zero-order chi connectivity index (χ0) is 17.6. The Balaban J connectivity index is 1.67. The number of likely N-dealkylation sites (tertiary alicyclic amines) is 1. The molecule has 0 unspecified atom stereocenters. The quantitative estimate of drug-likeness (QED) is 0.908. The Morgan fingerprint density at radius 3 is 2.52 bits per heavy atom. The summed E-state index contributed by atoms with van der Waals surface area (Å²) in [5, 5.41) is 3.21. The molecule has 0 aliphatic carbocycles. The molecule has 0 atom stereocenters. The fourth-order valence-electron chi connectivity index (χ4n) is 3.50. The molecule has 0 saturated carbocycles. The maximum Gasteiger partial charge on any atom is 0.255 e. The van der Waals surface area contributed by atoms with Gasteiger partial charge in [-0.1, -0.05) is 30.3 Å². The van der Waals surface area contributed by atoms with E-state index in [1.807, 2.05) is 61.3 Å². The molecular formula is C21H27N3O. The zero-order valence-electron chi connectivity index (χ0n) is 15.2. The van der Waals surface area contributed by atoms with E-state index in [4.69, 9.17) is 0 Å². The molecule has 2 heterocycles.